The lowest BCUT2D eigenvalue weighted by Crippen LogP contribution is -2.26. The van der Waals surface area contributed by atoms with Gasteiger partial charge in [-0.05, 0) is 58.6 Å². The second-order valence-corrected chi connectivity index (χ2v) is 19.3. The van der Waals surface area contributed by atoms with Crippen molar-refractivity contribution in [3.8, 4) is 0 Å². The van der Waals surface area contributed by atoms with Gasteiger partial charge in [-0.1, -0.05) is 133 Å². The molecule has 1 aliphatic heterocycles. The lowest BCUT2D eigenvalue weighted by Gasteiger charge is -2.26. The van der Waals surface area contributed by atoms with E-state index in [1.54, 1.807) is 30.7 Å². The predicted molar refractivity (Wildman–Crippen MR) is 203 cm³/mol. The maximum atomic E-state index is 3.03. The molecule has 1 saturated heterocycles. The summed E-state index contributed by atoms with van der Waals surface area (Å²) in [7, 11) is -1.44. The van der Waals surface area contributed by atoms with Crippen LogP contribution >= 0.6 is 22.8 Å². The quantitative estimate of drug-likeness (QED) is 0.187. The van der Waals surface area contributed by atoms with Crippen LogP contribution in [0.2, 0.25) is 0 Å². The Bertz CT molecular complexity index is 2410. The molecule has 4 heterocycles. The van der Waals surface area contributed by atoms with E-state index in [-0.39, 0.29) is 0 Å². The first-order chi connectivity index (χ1) is 22.3. The maximum absolute atomic E-state index is 3.03. The Balaban J connectivity index is 1.20. The summed E-state index contributed by atoms with van der Waals surface area (Å²) in [6.07, 6.45) is 2.50. The van der Waals surface area contributed by atoms with E-state index < -0.39 is 22.8 Å². The molecule has 2 atom stereocenters. The summed E-state index contributed by atoms with van der Waals surface area (Å²) in [5.41, 5.74) is 0.639. The third kappa shape index (κ3) is 3.92. The smallest absolute Gasteiger partial charge is 0.0260 e. The Hall–Kier alpha value is -3.82. The molecule has 4 heteroatoms. The van der Waals surface area contributed by atoms with Crippen LogP contribution in [-0.2, 0) is 6.16 Å². The molecule has 0 spiro atoms. The van der Waals surface area contributed by atoms with Crippen molar-refractivity contribution in [2.45, 2.75) is 24.3 Å². The van der Waals surface area contributed by atoms with Gasteiger partial charge in [0.1, 0.15) is 0 Å². The molecule has 1 fully saturated rings. The number of rotatable bonds is 4. The molecule has 0 saturated carbocycles. The molecule has 0 bridgehead atoms. The summed E-state index contributed by atoms with van der Waals surface area (Å²) in [6.45, 7) is 1.17. The van der Waals surface area contributed by atoms with Crippen molar-refractivity contribution in [3.63, 3.8) is 0 Å². The zero-order chi connectivity index (χ0) is 29.5. The molecule has 216 valence electrons. The van der Waals surface area contributed by atoms with Gasteiger partial charge in [-0.15, -0.1) is 15.1 Å². The van der Waals surface area contributed by atoms with Crippen molar-refractivity contribution in [1.82, 2.24) is 0 Å². The number of nitrogens with zero attached hydrogens (tertiary/aromatic N) is 1. The summed E-state index contributed by atoms with van der Waals surface area (Å²) >= 11 is 0. The number of benzene rings is 6. The second-order valence-electron chi connectivity index (χ2n) is 12.6. The summed E-state index contributed by atoms with van der Waals surface area (Å²) in [6, 6.07) is 56.3. The minimum atomic E-state index is -0.594. The normalized spacial score (nSPS) is 17.6. The van der Waals surface area contributed by atoms with E-state index >= 15 is 0 Å². The molecule has 1 aliphatic rings. The van der Waals surface area contributed by atoms with Crippen LogP contribution < -0.4 is 4.67 Å². The van der Waals surface area contributed by atoms with Crippen molar-refractivity contribution >= 4 is 85.8 Å². The van der Waals surface area contributed by atoms with Gasteiger partial charge in [-0.25, -0.2) is 0 Å². The van der Waals surface area contributed by atoms with E-state index in [1.165, 1.54) is 51.4 Å². The van der Waals surface area contributed by atoms with Gasteiger partial charge in [-0.3, -0.25) is 4.67 Å². The van der Waals surface area contributed by atoms with E-state index in [2.05, 4.69) is 150 Å². The summed E-state index contributed by atoms with van der Waals surface area (Å²) in [5, 5.41) is 18.2. The van der Waals surface area contributed by atoms with Crippen molar-refractivity contribution in [3.05, 3.63) is 146 Å². The molecule has 45 heavy (non-hydrogen) atoms. The molecule has 6 aromatic carbocycles. The average Bonchev–Trinajstić information content (AvgIpc) is 3.84. The van der Waals surface area contributed by atoms with Gasteiger partial charge in [0.25, 0.3) is 0 Å². The Morgan fingerprint density at radius 1 is 0.444 bits per heavy atom. The highest BCUT2D eigenvalue weighted by Crippen LogP contribution is 2.63. The minimum Gasteiger partial charge on any atom is -0.256 e. The first-order valence-corrected chi connectivity index (χ1v) is 20.3. The summed E-state index contributed by atoms with van der Waals surface area (Å²) in [4.78, 5) is 0. The predicted octanol–water partition coefficient (Wildman–Crippen LogP) is 13.2. The lowest BCUT2D eigenvalue weighted by atomic mass is 10.2. The van der Waals surface area contributed by atoms with Gasteiger partial charge in [0.2, 0.25) is 0 Å². The van der Waals surface area contributed by atoms with Gasteiger partial charge in [-0.2, -0.15) is 0 Å². The maximum Gasteiger partial charge on any atom is 0.0260 e. The van der Waals surface area contributed by atoms with Gasteiger partial charge < -0.3 is 0 Å². The molecule has 10 rings (SSSR count). The molecule has 9 aromatic rings. The Morgan fingerprint density at radius 2 is 0.800 bits per heavy atom. The fourth-order valence-corrected chi connectivity index (χ4v) is 17.8. The Labute approximate surface area is 265 Å². The van der Waals surface area contributed by atoms with Crippen LogP contribution in [0.1, 0.15) is 12.1 Å². The molecule has 0 amide bonds. The number of hydrogen-bond acceptors (Lipinski definition) is 1. The van der Waals surface area contributed by atoms with Gasteiger partial charge in [0.05, 0.1) is 0 Å². The van der Waals surface area contributed by atoms with Gasteiger partial charge >= 0.3 is 0 Å². The standard InChI is InChI=1S/C41H32NP3/c1-7-19-36-30(13-1)31-14-2-8-20-37(31)43(36)27-28-25-29(44-38-21-9-3-15-32(38)33-16-4-10-22-39(33)44)26-42(28)45-40-23-11-5-17-34(40)35-18-6-12-24-41(35)45/h1-24,28-29H,25-27H2/t28-,29-/m0/s1. The zero-order valence-electron chi connectivity index (χ0n) is 24.9. The highest BCUT2D eigenvalue weighted by Gasteiger charge is 2.38. The fourth-order valence-electron chi connectivity index (χ4n) is 8.41. The van der Waals surface area contributed by atoms with Crippen molar-refractivity contribution in [1.29, 1.82) is 0 Å². The van der Waals surface area contributed by atoms with E-state index in [0.717, 1.165) is 0 Å². The summed E-state index contributed by atoms with van der Waals surface area (Å²) < 4.78 is 3.03. The minimum absolute atomic E-state index is 0.424. The molecule has 1 nitrogen and oxygen atoms in total. The van der Waals surface area contributed by atoms with E-state index in [1.807, 2.05) is 0 Å². The number of hydrogen-bond donors (Lipinski definition) is 0. The first kappa shape index (κ1) is 26.4. The average molecular weight is 632 g/mol. The number of fused-ring (bicyclic) bond motifs is 9. The van der Waals surface area contributed by atoms with E-state index in [0.29, 0.717) is 11.7 Å². The molecule has 0 N–H and O–H groups in total. The first-order valence-electron chi connectivity index (χ1n) is 16.0. The van der Waals surface area contributed by atoms with E-state index in [9.17, 15) is 0 Å². The largest absolute Gasteiger partial charge is 0.256 e. The van der Waals surface area contributed by atoms with Crippen LogP contribution in [0.15, 0.2) is 146 Å². The zero-order valence-corrected chi connectivity index (χ0v) is 27.6. The Morgan fingerprint density at radius 3 is 1.27 bits per heavy atom. The van der Waals surface area contributed by atoms with Crippen LogP contribution in [-0.4, -0.2) is 12.6 Å². The Kier molecular flexibility index (Phi) is 6.08. The van der Waals surface area contributed by atoms with Crippen LogP contribution in [0, 0.1) is 0 Å². The third-order valence-corrected chi connectivity index (χ3v) is 18.6. The molecule has 0 unspecified atom stereocenters. The molecular weight excluding hydrogens is 599 g/mol. The topological polar surface area (TPSA) is 3.24 Å². The van der Waals surface area contributed by atoms with Crippen molar-refractivity contribution < 1.29 is 0 Å². The summed E-state index contributed by atoms with van der Waals surface area (Å²) in [5.74, 6) is 0. The molecular formula is C41H32NP3. The third-order valence-electron chi connectivity index (χ3n) is 10.2. The molecule has 0 radical (unpaired) electrons. The van der Waals surface area contributed by atoms with Gasteiger partial charge in [0, 0.05) is 55.1 Å². The van der Waals surface area contributed by atoms with Crippen molar-refractivity contribution in [2.24, 2.45) is 0 Å². The highest BCUT2D eigenvalue weighted by molar-refractivity contribution is 7.64. The van der Waals surface area contributed by atoms with Crippen molar-refractivity contribution in [2.75, 3.05) is 11.2 Å². The van der Waals surface area contributed by atoms with Crippen LogP contribution in [0.5, 0.6) is 0 Å². The second kappa shape index (κ2) is 10.4. The fraction of sp³-hybridized carbons (Fsp3) is 0.122. The van der Waals surface area contributed by atoms with Gasteiger partial charge in [0.15, 0.2) is 0 Å². The highest BCUT2D eigenvalue weighted by atomic mass is 31.1. The van der Waals surface area contributed by atoms with Crippen LogP contribution in [0.4, 0.5) is 0 Å². The van der Waals surface area contributed by atoms with Crippen LogP contribution in [0.3, 0.4) is 0 Å². The lowest BCUT2D eigenvalue weighted by molar-refractivity contribution is 0.730. The molecule has 3 aromatic heterocycles. The van der Waals surface area contributed by atoms with Crippen LogP contribution in [0.25, 0.3) is 63.0 Å². The monoisotopic (exact) mass is 631 g/mol. The molecule has 0 aliphatic carbocycles. The van der Waals surface area contributed by atoms with E-state index in [4.69, 9.17) is 0 Å². The SMILES string of the molecule is c1ccc2c(c1)c1ccccc1p2C[C@@H]1C[C@H](p2c3ccccc3c3ccccc32)CN1p1c2ccccc2c2ccccc21.